The Morgan fingerprint density at radius 1 is 1.21 bits per heavy atom. The van der Waals surface area contributed by atoms with Crippen LogP contribution in [0.25, 0.3) is 11.3 Å². The van der Waals surface area contributed by atoms with Gasteiger partial charge in [-0.2, -0.15) is 0 Å². The van der Waals surface area contributed by atoms with E-state index in [4.69, 9.17) is 11.6 Å². The molecule has 1 saturated heterocycles. The van der Waals surface area contributed by atoms with E-state index in [2.05, 4.69) is 32.1 Å². The number of aliphatic hydroxyl groups is 1. The van der Waals surface area contributed by atoms with Gasteiger partial charge in [0.05, 0.1) is 6.10 Å². The Hall–Kier alpha value is -1.80. The Bertz CT molecular complexity index is 796. The first-order valence-electron chi connectivity index (χ1n) is 9.55. The van der Waals surface area contributed by atoms with Gasteiger partial charge in [0.25, 0.3) is 0 Å². The molecule has 2 N–H and O–H groups in total. The predicted molar refractivity (Wildman–Crippen MR) is 110 cm³/mol. The van der Waals surface area contributed by atoms with Crippen LogP contribution in [0.3, 0.4) is 0 Å². The minimum absolute atomic E-state index is 0.242. The summed E-state index contributed by atoms with van der Waals surface area (Å²) in [6.07, 6.45) is 3.40. The summed E-state index contributed by atoms with van der Waals surface area (Å²) in [6, 6.07) is 3.20. The van der Waals surface area contributed by atoms with Crippen molar-refractivity contribution in [2.75, 3.05) is 45.1 Å². The lowest BCUT2D eigenvalue weighted by atomic mass is 10.1. The van der Waals surface area contributed by atoms with E-state index >= 15 is 0 Å². The summed E-state index contributed by atoms with van der Waals surface area (Å²) in [5.74, 6) is -0.380. The SMILES string of the molecule is C[C@H](O)CCNc1cc(Cl)ncc1-c1ncc(CN2CCN(C)CC2)cc1F. The largest absolute Gasteiger partial charge is 0.393 e. The van der Waals surface area contributed by atoms with Gasteiger partial charge in [0, 0.05) is 62.9 Å². The number of anilines is 1. The molecule has 0 radical (unpaired) electrons. The molecule has 2 aromatic heterocycles. The molecule has 0 aliphatic carbocycles. The second-order valence-corrected chi connectivity index (χ2v) is 7.76. The topological polar surface area (TPSA) is 64.5 Å². The number of hydrogen-bond acceptors (Lipinski definition) is 6. The van der Waals surface area contributed by atoms with Crippen molar-refractivity contribution in [3.8, 4) is 11.3 Å². The maximum Gasteiger partial charge on any atom is 0.149 e. The summed E-state index contributed by atoms with van der Waals surface area (Å²) in [5.41, 5.74) is 2.31. The molecule has 0 unspecified atom stereocenters. The van der Waals surface area contributed by atoms with Gasteiger partial charge < -0.3 is 15.3 Å². The molecule has 0 aromatic carbocycles. The van der Waals surface area contributed by atoms with E-state index in [1.807, 2.05) is 0 Å². The number of hydrogen-bond donors (Lipinski definition) is 2. The summed E-state index contributed by atoms with van der Waals surface area (Å²) < 4.78 is 14.9. The van der Waals surface area contributed by atoms with Crippen LogP contribution in [-0.2, 0) is 6.54 Å². The zero-order valence-corrected chi connectivity index (χ0v) is 17.1. The summed E-state index contributed by atoms with van der Waals surface area (Å²) in [7, 11) is 2.11. The molecule has 1 aliphatic rings. The van der Waals surface area contributed by atoms with E-state index < -0.39 is 6.10 Å². The fraction of sp³-hybridized carbons (Fsp3) is 0.500. The summed E-state index contributed by atoms with van der Waals surface area (Å²) >= 11 is 6.01. The van der Waals surface area contributed by atoms with Crippen molar-refractivity contribution in [3.63, 3.8) is 0 Å². The highest BCUT2D eigenvalue weighted by molar-refractivity contribution is 6.29. The number of halogens is 2. The Morgan fingerprint density at radius 2 is 1.96 bits per heavy atom. The molecular formula is C20H27ClFN5O. The second-order valence-electron chi connectivity index (χ2n) is 7.37. The van der Waals surface area contributed by atoms with Gasteiger partial charge in [0.15, 0.2) is 0 Å². The van der Waals surface area contributed by atoms with Gasteiger partial charge in [-0.1, -0.05) is 11.6 Å². The van der Waals surface area contributed by atoms with Crippen LogP contribution in [0.4, 0.5) is 10.1 Å². The molecule has 3 heterocycles. The lowest BCUT2D eigenvalue weighted by Gasteiger charge is -2.32. The Labute approximate surface area is 170 Å². The van der Waals surface area contributed by atoms with Crippen LogP contribution < -0.4 is 5.32 Å². The van der Waals surface area contributed by atoms with Crippen molar-refractivity contribution >= 4 is 17.3 Å². The first-order chi connectivity index (χ1) is 13.4. The molecule has 1 fully saturated rings. The number of piperazine rings is 1. The third-order valence-electron chi connectivity index (χ3n) is 4.90. The Morgan fingerprint density at radius 3 is 2.64 bits per heavy atom. The van der Waals surface area contributed by atoms with Gasteiger partial charge in [-0.05, 0) is 38.1 Å². The standard InChI is InChI=1S/C20H27ClFN5O/c1-14(28)3-4-23-18-10-19(21)24-12-16(18)20-17(22)9-15(11-25-20)13-27-7-5-26(2)6-8-27/h9-12,14,28H,3-8,13H2,1-2H3,(H,23,24)/t14-/m0/s1. The van der Waals surface area contributed by atoms with E-state index in [0.717, 1.165) is 31.7 Å². The van der Waals surface area contributed by atoms with Crippen LogP contribution in [0.1, 0.15) is 18.9 Å². The number of aromatic nitrogens is 2. The van der Waals surface area contributed by atoms with E-state index in [1.165, 1.54) is 6.20 Å². The molecule has 8 heteroatoms. The zero-order chi connectivity index (χ0) is 20.1. The molecule has 3 rings (SSSR count). The Kier molecular flexibility index (Phi) is 7.18. The number of rotatable bonds is 7. The van der Waals surface area contributed by atoms with Crippen LogP contribution in [0, 0.1) is 5.82 Å². The van der Waals surface area contributed by atoms with Crippen molar-refractivity contribution in [3.05, 3.63) is 41.1 Å². The summed E-state index contributed by atoms with van der Waals surface area (Å²) in [6.45, 7) is 6.93. The number of nitrogens with one attached hydrogen (secondary N) is 1. The first kappa shape index (κ1) is 20.9. The lowest BCUT2D eigenvalue weighted by Crippen LogP contribution is -2.43. The normalized spacial score (nSPS) is 16.9. The number of pyridine rings is 2. The third kappa shape index (κ3) is 5.61. The maximum absolute atomic E-state index is 14.9. The summed E-state index contributed by atoms with van der Waals surface area (Å²) in [5, 5.41) is 12.9. The van der Waals surface area contributed by atoms with Gasteiger partial charge in [0.2, 0.25) is 0 Å². The van der Waals surface area contributed by atoms with Crippen molar-refractivity contribution < 1.29 is 9.50 Å². The molecule has 0 saturated carbocycles. The maximum atomic E-state index is 14.9. The minimum atomic E-state index is -0.419. The highest BCUT2D eigenvalue weighted by Gasteiger charge is 2.17. The quantitative estimate of drug-likeness (QED) is 0.688. The molecule has 0 spiro atoms. The fourth-order valence-electron chi connectivity index (χ4n) is 3.21. The molecule has 1 atom stereocenters. The number of nitrogens with zero attached hydrogens (tertiary/aromatic N) is 4. The highest BCUT2D eigenvalue weighted by Crippen LogP contribution is 2.30. The third-order valence-corrected chi connectivity index (χ3v) is 5.11. The van der Waals surface area contributed by atoms with Gasteiger partial charge >= 0.3 is 0 Å². The fourth-order valence-corrected chi connectivity index (χ4v) is 3.36. The van der Waals surface area contributed by atoms with Gasteiger partial charge in [-0.15, -0.1) is 0 Å². The van der Waals surface area contributed by atoms with Crippen molar-refractivity contribution in [2.45, 2.75) is 26.0 Å². The van der Waals surface area contributed by atoms with Gasteiger partial charge in [0.1, 0.15) is 16.7 Å². The molecule has 2 aromatic rings. The molecular weight excluding hydrogens is 381 g/mol. The number of aliphatic hydroxyl groups excluding tert-OH is 1. The average Bonchev–Trinajstić information content (AvgIpc) is 2.64. The van der Waals surface area contributed by atoms with Gasteiger partial charge in [-0.3, -0.25) is 9.88 Å². The molecule has 1 aliphatic heterocycles. The average molecular weight is 408 g/mol. The first-order valence-corrected chi connectivity index (χ1v) is 9.93. The molecule has 0 amide bonds. The lowest BCUT2D eigenvalue weighted by molar-refractivity contribution is 0.148. The predicted octanol–water partition coefficient (Wildman–Crippen LogP) is 2.87. The zero-order valence-electron chi connectivity index (χ0n) is 16.3. The molecule has 152 valence electrons. The van der Waals surface area contributed by atoms with E-state index in [1.54, 1.807) is 25.3 Å². The van der Waals surface area contributed by atoms with Crippen LogP contribution in [0.15, 0.2) is 24.5 Å². The molecule has 0 bridgehead atoms. The minimum Gasteiger partial charge on any atom is -0.393 e. The number of likely N-dealkylation sites (N-methyl/N-ethyl adjacent to an activating group) is 1. The second kappa shape index (κ2) is 9.60. The van der Waals surface area contributed by atoms with E-state index in [0.29, 0.717) is 35.9 Å². The monoisotopic (exact) mass is 407 g/mol. The van der Waals surface area contributed by atoms with E-state index in [9.17, 15) is 9.50 Å². The van der Waals surface area contributed by atoms with Crippen molar-refractivity contribution in [1.82, 2.24) is 19.8 Å². The van der Waals surface area contributed by atoms with Gasteiger partial charge in [-0.25, -0.2) is 9.37 Å². The van der Waals surface area contributed by atoms with E-state index in [-0.39, 0.29) is 11.5 Å². The van der Waals surface area contributed by atoms with Crippen LogP contribution in [0.2, 0.25) is 5.15 Å². The van der Waals surface area contributed by atoms with Crippen molar-refractivity contribution in [1.29, 1.82) is 0 Å². The smallest absolute Gasteiger partial charge is 0.149 e. The van der Waals surface area contributed by atoms with Crippen LogP contribution in [-0.4, -0.2) is 70.7 Å². The van der Waals surface area contributed by atoms with Crippen LogP contribution >= 0.6 is 11.6 Å². The molecule has 6 nitrogen and oxygen atoms in total. The Balaban J connectivity index is 1.76. The molecule has 28 heavy (non-hydrogen) atoms. The highest BCUT2D eigenvalue weighted by atomic mass is 35.5. The summed E-state index contributed by atoms with van der Waals surface area (Å²) in [4.78, 5) is 13.1. The van der Waals surface area contributed by atoms with Crippen molar-refractivity contribution in [2.24, 2.45) is 0 Å². The van der Waals surface area contributed by atoms with Crippen LogP contribution in [0.5, 0.6) is 0 Å².